The van der Waals surface area contributed by atoms with E-state index in [0.29, 0.717) is 6.04 Å². The van der Waals surface area contributed by atoms with E-state index < -0.39 is 0 Å². The standard InChI is InChI=1S/C18H18BrNS/c1-2-20-17(13-7-9-15(19)10-8-13)11-14-12-21-18-6-4-3-5-16(14)18/h3-10,12,17,20H,2,11H2,1H3. The van der Waals surface area contributed by atoms with E-state index in [0.717, 1.165) is 17.4 Å². The molecule has 0 spiro atoms. The van der Waals surface area contributed by atoms with E-state index in [-0.39, 0.29) is 0 Å². The van der Waals surface area contributed by atoms with Gasteiger partial charge in [-0.1, -0.05) is 53.2 Å². The minimum atomic E-state index is 0.362. The normalized spacial score (nSPS) is 12.7. The van der Waals surface area contributed by atoms with Gasteiger partial charge >= 0.3 is 0 Å². The lowest BCUT2D eigenvalue weighted by Gasteiger charge is -2.18. The number of hydrogen-bond acceptors (Lipinski definition) is 2. The molecule has 0 aliphatic carbocycles. The quantitative estimate of drug-likeness (QED) is 0.628. The van der Waals surface area contributed by atoms with Crippen LogP contribution in [0.5, 0.6) is 0 Å². The maximum atomic E-state index is 3.61. The second kappa shape index (κ2) is 6.73. The van der Waals surface area contributed by atoms with Crippen LogP contribution < -0.4 is 5.32 Å². The van der Waals surface area contributed by atoms with Gasteiger partial charge in [-0.3, -0.25) is 0 Å². The Morgan fingerprint density at radius 2 is 1.86 bits per heavy atom. The number of thiophene rings is 1. The molecule has 21 heavy (non-hydrogen) atoms. The molecule has 1 heterocycles. The van der Waals surface area contributed by atoms with Gasteiger partial charge in [0.25, 0.3) is 0 Å². The van der Waals surface area contributed by atoms with E-state index in [9.17, 15) is 0 Å². The number of rotatable bonds is 5. The lowest BCUT2D eigenvalue weighted by molar-refractivity contribution is 0.552. The van der Waals surface area contributed by atoms with Gasteiger partial charge in [-0.25, -0.2) is 0 Å². The summed E-state index contributed by atoms with van der Waals surface area (Å²) in [6.45, 7) is 3.14. The van der Waals surface area contributed by atoms with E-state index in [1.807, 2.05) is 11.3 Å². The highest BCUT2D eigenvalue weighted by atomic mass is 79.9. The molecule has 0 aliphatic heterocycles. The maximum Gasteiger partial charge on any atom is 0.0361 e. The van der Waals surface area contributed by atoms with Gasteiger partial charge in [-0.15, -0.1) is 11.3 Å². The Morgan fingerprint density at radius 1 is 1.10 bits per heavy atom. The van der Waals surface area contributed by atoms with Crippen molar-refractivity contribution in [2.75, 3.05) is 6.54 Å². The third-order valence-corrected chi connectivity index (χ3v) is 5.25. The summed E-state index contributed by atoms with van der Waals surface area (Å²) in [4.78, 5) is 0. The minimum Gasteiger partial charge on any atom is -0.310 e. The Morgan fingerprint density at radius 3 is 2.62 bits per heavy atom. The van der Waals surface area contributed by atoms with E-state index in [1.165, 1.54) is 21.2 Å². The summed E-state index contributed by atoms with van der Waals surface area (Å²) in [5.74, 6) is 0. The van der Waals surface area contributed by atoms with Gasteiger partial charge in [0, 0.05) is 15.2 Å². The second-order valence-electron chi connectivity index (χ2n) is 5.12. The van der Waals surface area contributed by atoms with Crippen LogP contribution in [0.3, 0.4) is 0 Å². The highest BCUT2D eigenvalue weighted by Gasteiger charge is 2.13. The average molecular weight is 360 g/mol. The molecule has 0 saturated carbocycles. The summed E-state index contributed by atoms with van der Waals surface area (Å²) >= 11 is 5.34. The highest BCUT2D eigenvalue weighted by molar-refractivity contribution is 9.10. The Labute approximate surface area is 138 Å². The van der Waals surface area contributed by atoms with E-state index >= 15 is 0 Å². The van der Waals surface area contributed by atoms with Crippen molar-refractivity contribution in [3.8, 4) is 0 Å². The van der Waals surface area contributed by atoms with Gasteiger partial charge in [0.05, 0.1) is 0 Å². The first-order valence-electron chi connectivity index (χ1n) is 7.22. The fourth-order valence-corrected chi connectivity index (χ4v) is 3.90. The lowest BCUT2D eigenvalue weighted by atomic mass is 9.98. The molecule has 0 bridgehead atoms. The van der Waals surface area contributed by atoms with Crippen LogP contribution in [0, 0.1) is 0 Å². The molecule has 1 aromatic heterocycles. The average Bonchev–Trinajstić information content (AvgIpc) is 2.91. The molecule has 1 atom stereocenters. The summed E-state index contributed by atoms with van der Waals surface area (Å²) in [5.41, 5.74) is 2.78. The number of likely N-dealkylation sites (N-methyl/N-ethyl adjacent to an activating group) is 1. The van der Waals surface area contributed by atoms with E-state index in [1.54, 1.807) is 0 Å². The van der Waals surface area contributed by atoms with E-state index in [4.69, 9.17) is 0 Å². The van der Waals surface area contributed by atoms with Gasteiger partial charge in [0.2, 0.25) is 0 Å². The molecular weight excluding hydrogens is 342 g/mol. The van der Waals surface area contributed by atoms with Gasteiger partial charge in [0.15, 0.2) is 0 Å². The monoisotopic (exact) mass is 359 g/mol. The van der Waals surface area contributed by atoms with Crippen LogP contribution in [-0.2, 0) is 6.42 Å². The van der Waals surface area contributed by atoms with E-state index in [2.05, 4.69) is 82.1 Å². The Balaban J connectivity index is 1.89. The Hall–Kier alpha value is -1.16. The summed E-state index contributed by atoms with van der Waals surface area (Å²) in [7, 11) is 0. The summed E-state index contributed by atoms with van der Waals surface area (Å²) in [6.07, 6.45) is 1.03. The fourth-order valence-electron chi connectivity index (χ4n) is 2.66. The van der Waals surface area contributed by atoms with Crippen molar-refractivity contribution in [1.82, 2.24) is 5.32 Å². The molecule has 0 amide bonds. The smallest absolute Gasteiger partial charge is 0.0361 e. The van der Waals surface area contributed by atoms with Crippen LogP contribution in [0.4, 0.5) is 0 Å². The number of hydrogen-bond donors (Lipinski definition) is 1. The zero-order valence-corrected chi connectivity index (χ0v) is 14.4. The molecule has 0 aliphatic rings. The van der Waals surface area contributed by atoms with Gasteiger partial charge < -0.3 is 5.32 Å². The van der Waals surface area contributed by atoms with Crippen molar-refractivity contribution in [1.29, 1.82) is 0 Å². The Bertz CT molecular complexity index is 717. The van der Waals surface area contributed by atoms with Crippen LogP contribution in [0.2, 0.25) is 0 Å². The topological polar surface area (TPSA) is 12.0 Å². The summed E-state index contributed by atoms with van der Waals surface area (Å²) in [6, 6.07) is 17.7. The molecule has 1 unspecified atom stereocenters. The first-order chi connectivity index (χ1) is 10.3. The number of fused-ring (bicyclic) bond motifs is 1. The third-order valence-electron chi connectivity index (χ3n) is 3.71. The van der Waals surface area contributed by atoms with Crippen molar-refractivity contribution < 1.29 is 0 Å². The van der Waals surface area contributed by atoms with Crippen molar-refractivity contribution >= 4 is 37.4 Å². The van der Waals surface area contributed by atoms with Crippen molar-refractivity contribution in [2.45, 2.75) is 19.4 Å². The highest BCUT2D eigenvalue weighted by Crippen LogP contribution is 2.29. The van der Waals surface area contributed by atoms with Crippen molar-refractivity contribution in [3.05, 3.63) is 69.5 Å². The largest absolute Gasteiger partial charge is 0.310 e. The molecule has 3 aromatic rings. The molecule has 1 nitrogen and oxygen atoms in total. The molecule has 0 saturated heterocycles. The van der Waals surface area contributed by atoms with Crippen LogP contribution in [-0.4, -0.2) is 6.54 Å². The SMILES string of the molecule is CCNC(Cc1csc2ccccc12)c1ccc(Br)cc1. The number of nitrogens with one attached hydrogen (secondary N) is 1. The van der Waals surface area contributed by atoms with Crippen LogP contribution >= 0.6 is 27.3 Å². The van der Waals surface area contributed by atoms with Crippen LogP contribution in [0.25, 0.3) is 10.1 Å². The van der Waals surface area contributed by atoms with Crippen molar-refractivity contribution in [3.63, 3.8) is 0 Å². The lowest BCUT2D eigenvalue weighted by Crippen LogP contribution is -2.22. The molecule has 0 fully saturated rings. The maximum absolute atomic E-state index is 3.61. The molecule has 1 N–H and O–H groups in total. The first-order valence-corrected chi connectivity index (χ1v) is 8.89. The van der Waals surface area contributed by atoms with Crippen LogP contribution in [0.15, 0.2) is 58.4 Å². The Kier molecular flexibility index (Phi) is 4.73. The molecule has 2 aromatic carbocycles. The molecule has 3 heteroatoms. The molecule has 108 valence electrons. The van der Waals surface area contributed by atoms with Gasteiger partial charge in [0.1, 0.15) is 0 Å². The third kappa shape index (κ3) is 3.37. The predicted molar refractivity (Wildman–Crippen MR) is 96.1 cm³/mol. The summed E-state index contributed by atoms with van der Waals surface area (Å²) in [5, 5.41) is 7.30. The number of benzene rings is 2. The van der Waals surface area contributed by atoms with Crippen LogP contribution in [0.1, 0.15) is 24.1 Å². The molecular formula is C18H18BrNS. The molecule has 3 rings (SSSR count). The zero-order valence-electron chi connectivity index (χ0n) is 12.0. The fraction of sp³-hybridized carbons (Fsp3) is 0.222. The van der Waals surface area contributed by atoms with Crippen molar-refractivity contribution in [2.24, 2.45) is 0 Å². The predicted octanol–water partition coefficient (Wildman–Crippen LogP) is 5.56. The second-order valence-corrected chi connectivity index (χ2v) is 6.95. The number of halogens is 1. The molecule has 0 radical (unpaired) electrons. The van der Waals surface area contributed by atoms with Gasteiger partial charge in [-0.05, 0) is 53.1 Å². The minimum absolute atomic E-state index is 0.362. The first kappa shape index (κ1) is 14.8. The summed E-state index contributed by atoms with van der Waals surface area (Å²) < 4.78 is 2.50. The zero-order chi connectivity index (χ0) is 14.7. The van der Waals surface area contributed by atoms with Gasteiger partial charge in [-0.2, -0.15) is 0 Å².